The highest BCUT2D eigenvalue weighted by atomic mass is 16.5. The van der Waals surface area contributed by atoms with Gasteiger partial charge in [-0.2, -0.15) is 0 Å². The fourth-order valence-electron chi connectivity index (χ4n) is 2.80. The van der Waals surface area contributed by atoms with Crippen molar-refractivity contribution >= 4 is 28.8 Å². The SMILES string of the molecule is CCCc1cc(=O)oc2c(C)c(OC(C)C(=O)NCC(=O)NCC(=O)O)ccc12. The van der Waals surface area contributed by atoms with Crippen molar-refractivity contribution in [3.63, 3.8) is 0 Å². The standard InChI is InChI=1S/C20H24N2O7/c1-4-5-13-8-18(26)29-19-11(2)15(7-6-14(13)19)28-12(3)20(27)22-9-16(23)21-10-17(24)25/h6-8,12H,4-5,9-10H2,1-3H3,(H,21,23)(H,22,27)(H,24,25). The number of hydrogen-bond donors (Lipinski definition) is 3. The van der Waals surface area contributed by atoms with Gasteiger partial charge in [0.2, 0.25) is 5.91 Å². The van der Waals surface area contributed by atoms with Gasteiger partial charge >= 0.3 is 11.6 Å². The van der Waals surface area contributed by atoms with Crippen LogP contribution < -0.4 is 21.0 Å². The van der Waals surface area contributed by atoms with Crippen LogP contribution in [0.3, 0.4) is 0 Å². The van der Waals surface area contributed by atoms with Crippen LogP contribution in [0.2, 0.25) is 0 Å². The number of hydrogen-bond acceptors (Lipinski definition) is 6. The van der Waals surface area contributed by atoms with Crippen LogP contribution in [0.15, 0.2) is 27.4 Å². The summed E-state index contributed by atoms with van der Waals surface area (Å²) in [6, 6.07) is 4.98. The molecular formula is C20H24N2O7. The second-order valence-electron chi connectivity index (χ2n) is 6.55. The number of fused-ring (bicyclic) bond motifs is 1. The zero-order valence-electron chi connectivity index (χ0n) is 16.5. The van der Waals surface area contributed by atoms with Crippen molar-refractivity contribution in [3.05, 3.63) is 39.7 Å². The number of nitrogens with one attached hydrogen (secondary N) is 2. The highest BCUT2D eigenvalue weighted by Gasteiger charge is 2.19. The third-order valence-corrected chi connectivity index (χ3v) is 4.25. The number of carbonyl (C=O) groups is 3. The van der Waals surface area contributed by atoms with Gasteiger partial charge in [0.05, 0.1) is 6.54 Å². The molecule has 0 saturated carbocycles. The molecule has 9 nitrogen and oxygen atoms in total. The highest BCUT2D eigenvalue weighted by Crippen LogP contribution is 2.29. The average molecular weight is 404 g/mol. The smallest absolute Gasteiger partial charge is 0.336 e. The van der Waals surface area contributed by atoms with Gasteiger partial charge in [0.25, 0.3) is 5.91 Å². The molecule has 0 aliphatic rings. The second-order valence-corrected chi connectivity index (χ2v) is 6.55. The topological polar surface area (TPSA) is 135 Å². The quantitative estimate of drug-likeness (QED) is 0.533. The van der Waals surface area contributed by atoms with Crippen molar-refractivity contribution in [1.82, 2.24) is 10.6 Å². The number of ether oxygens (including phenoxy) is 1. The van der Waals surface area contributed by atoms with E-state index in [9.17, 15) is 19.2 Å². The molecule has 156 valence electrons. The molecule has 1 atom stereocenters. The molecule has 1 heterocycles. The van der Waals surface area contributed by atoms with Crippen molar-refractivity contribution in [2.75, 3.05) is 13.1 Å². The highest BCUT2D eigenvalue weighted by molar-refractivity contribution is 5.88. The minimum atomic E-state index is -1.18. The first-order chi connectivity index (χ1) is 13.7. The largest absolute Gasteiger partial charge is 0.480 e. The summed E-state index contributed by atoms with van der Waals surface area (Å²) in [6.45, 7) is 4.37. The Morgan fingerprint density at radius 2 is 1.93 bits per heavy atom. The molecule has 1 aromatic heterocycles. The molecule has 0 bridgehead atoms. The van der Waals surface area contributed by atoms with E-state index in [1.165, 1.54) is 13.0 Å². The normalized spacial score (nSPS) is 11.7. The molecule has 0 aliphatic heterocycles. The number of carboxylic acids is 1. The summed E-state index contributed by atoms with van der Waals surface area (Å²) >= 11 is 0. The molecule has 2 amide bonds. The lowest BCUT2D eigenvalue weighted by molar-refractivity contribution is -0.137. The van der Waals surface area contributed by atoms with E-state index in [0.717, 1.165) is 23.8 Å². The Labute approximate surface area is 167 Å². The third-order valence-electron chi connectivity index (χ3n) is 4.25. The second kappa shape index (κ2) is 9.72. The Bertz CT molecular complexity index is 981. The molecule has 0 fully saturated rings. The lowest BCUT2D eigenvalue weighted by atomic mass is 10.0. The average Bonchev–Trinajstić information content (AvgIpc) is 2.67. The van der Waals surface area contributed by atoms with Gasteiger partial charge in [0.1, 0.15) is 17.9 Å². The molecule has 0 radical (unpaired) electrons. The van der Waals surface area contributed by atoms with E-state index >= 15 is 0 Å². The molecule has 2 aromatic rings. The van der Waals surface area contributed by atoms with Crippen molar-refractivity contribution < 1.29 is 28.6 Å². The van der Waals surface area contributed by atoms with Gasteiger partial charge in [-0.15, -0.1) is 0 Å². The summed E-state index contributed by atoms with van der Waals surface area (Å²) < 4.78 is 11.0. The summed E-state index contributed by atoms with van der Waals surface area (Å²) in [5.41, 5.74) is 1.46. The van der Waals surface area contributed by atoms with Gasteiger partial charge in [0, 0.05) is 17.0 Å². The van der Waals surface area contributed by atoms with Crippen LogP contribution in [-0.4, -0.2) is 42.1 Å². The maximum atomic E-state index is 12.2. The number of aliphatic carboxylic acids is 1. The molecule has 1 unspecified atom stereocenters. The zero-order chi connectivity index (χ0) is 21.6. The van der Waals surface area contributed by atoms with Crippen LogP contribution in [0.4, 0.5) is 0 Å². The molecule has 29 heavy (non-hydrogen) atoms. The van der Waals surface area contributed by atoms with E-state index in [1.807, 2.05) is 6.92 Å². The number of benzene rings is 1. The van der Waals surface area contributed by atoms with Gasteiger partial charge < -0.3 is 24.9 Å². The number of carbonyl (C=O) groups excluding carboxylic acids is 2. The van der Waals surface area contributed by atoms with Gasteiger partial charge in [-0.05, 0) is 38.0 Å². The van der Waals surface area contributed by atoms with E-state index in [0.29, 0.717) is 16.9 Å². The Morgan fingerprint density at radius 3 is 2.59 bits per heavy atom. The summed E-state index contributed by atoms with van der Waals surface area (Å²) in [7, 11) is 0. The molecule has 0 saturated heterocycles. The number of carboxylic acid groups (broad SMARTS) is 1. The molecular weight excluding hydrogens is 380 g/mol. The molecule has 0 spiro atoms. The van der Waals surface area contributed by atoms with Crippen LogP contribution in [0.25, 0.3) is 11.0 Å². The minimum Gasteiger partial charge on any atom is -0.480 e. The number of rotatable bonds is 9. The maximum absolute atomic E-state index is 12.2. The van der Waals surface area contributed by atoms with Gasteiger partial charge in [-0.3, -0.25) is 14.4 Å². The van der Waals surface area contributed by atoms with Crippen LogP contribution in [0, 0.1) is 6.92 Å². The lowest BCUT2D eigenvalue weighted by Crippen LogP contribution is -2.43. The number of amides is 2. The Morgan fingerprint density at radius 1 is 1.21 bits per heavy atom. The molecule has 9 heteroatoms. The predicted molar refractivity (Wildman–Crippen MR) is 105 cm³/mol. The van der Waals surface area contributed by atoms with Gasteiger partial charge in [-0.1, -0.05) is 13.3 Å². The van der Waals surface area contributed by atoms with E-state index in [-0.39, 0.29) is 6.54 Å². The van der Waals surface area contributed by atoms with E-state index in [2.05, 4.69) is 10.6 Å². The minimum absolute atomic E-state index is 0.369. The van der Waals surface area contributed by atoms with Crippen molar-refractivity contribution in [2.24, 2.45) is 0 Å². The maximum Gasteiger partial charge on any atom is 0.336 e. The van der Waals surface area contributed by atoms with Crippen molar-refractivity contribution in [2.45, 2.75) is 39.7 Å². The monoisotopic (exact) mass is 404 g/mol. The van der Waals surface area contributed by atoms with E-state index in [4.69, 9.17) is 14.3 Å². The fraction of sp³-hybridized carbons (Fsp3) is 0.400. The predicted octanol–water partition coefficient (Wildman–Crippen LogP) is 1.14. The van der Waals surface area contributed by atoms with Crippen LogP contribution >= 0.6 is 0 Å². The fourth-order valence-corrected chi connectivity index (χ4v) is 2.80. The molecule has 3 N–H and O–H groups in total. The summed E-state index contributed by atoms with van der Waals surface area (Å²) in [4.78, 5) is 45.9. The molecule has 0 aliphatic carbocycles. The Kier molecular flexibility index (Phi) is 7.35. The first kappa shape index (κ1) is 21.9. The van der Waals surface area contributed by atoms with Gasteiger partial charge in [-0.25, -0.2) is 4.79 Å². The Balaban J connectivity index is 2.10. The van der Waals surface area contributed by atoms with Crippen LogP contribution in [0.5, 0.6) is 5.75 Å². The zero-order valence-corrected chi connectivity index (χ0v) is 16.5. The molecule has 1 aromatic carbocycles. The first-order valence-corrected chi connectivity index (χ1v) is 9.22. The van der Waals surface area contributed by atoms with Crippen LogP contribution in [-0.2, 0) is 20.8 Å². The van der Waals surface area contributed by atoms with E-state index < -0.39 is 36.1 Å². The van der Waals surface area contributed by atoms with Gasteiger partial charge in [0.15, 0.2) is 6.10 Å². The summed E-state index contributed by atoms with van der Waals surface area (Å²) in [5, 5.41) is 13.8. The van der Waals surface area contributed by atoms with Crippen LogP contribution in [0.1, 0.15) is 31.4 Å². The summed E-state index contributed by atoms with van der Waals surface area (Å²) in [6.07, 6.45) is 0.696. The summed E-state index contributed by atoms with van der Waals surface area (Å²) in [5.74, 6) is -1.97. The van der Waals surface area contributed by atoms with Crippen molar-refractivity contribution in [1.29, 1.82) is 0 Å². The number of aryl methyl sites for hydroxylation is 2. The van der Waals surface area contributed by atoms with Crippen molar-refractivity contribution in [3.8, 4) is 5.75 Å². The van der Waals surface area contributed by atoms with E-state index in [1.54, 1.807) is 19.1 Å². The first-order valence-electron chi connectivity index (χ1n) is 9.22. The lowest BCUT2D eigenvalue weighted by Gasteiger charge is -2.17. The Hall–Kier alpha value is -3.36. The third kappa shape index (κ3) is 5.81. The molecule has 2 rings (SSSR count).